The molecule has 0 aromatic rings. The Bertz CT molecular complexity index is 311. The van der Waals surface area contributed by atoms with Gasteiger partial charge < -0.3 is 4.74 Å². The highest BCUT2D eigenvalue weighted by Crippen LogP contribution is 2.51. The molecule has 1 nitrogen and oxygen atoms in total. The van der Waals surface area contributed by atoms with Crippen molar-refractivity contribution in [1.29, 1.82) is 0 Å². The molecule has 2 rings (SSSR count). The Morgan fingerprint density at radius 2 is 2.20 bits per heavy atom. The SMILES string of the molecule is CCC1=CCCC(C)(C)[C@@]12C=C[C@@H](C)O2. The van der Waals surface area contributed by atoms with Gasteiger partial charge in [-0.2, -0.15) is 0 Å². The van der Waals surface area contributed by atoms with Gasteiger partial charge in [-0.15, -0.1) is 0 Å². The van der Waals surface area contributed by atoms with Crippen LogP contribution < -0.4 is 0 Å². The van der Waals surface area contributed by atoms with E-state index in [0.717, 1.165) is 6.42 Å². The quantitative estimate of drug-likeness (QED) is 0.592. The number of allylic oxidation sites excluding steroid dienone is 1. The van der Waals surface area contributed by atoms with Crippen LogP contribution in [0.5, 0.6) is 0 Å². The first-order valence-electron chi connectivity index (χ1n) is 6.08. The maximum Gasteiger partial charge on any atom is 0.113 e. The summed E-state index contributed by atoms with van der Waals surface area (Å²) in [5.74, 6) is 0. The van der Waals surface area contributed by atoms with Crippen LogP contribution in [0.3, 0.4) is 0 Å². The van der Waals surface area contributed by atoms with Gasteiger partial charge in [0.05, 0.1) is 6.10 Å². The van der Waals surface area contributed by atoms with Gasteiger partial charge in [-0.1, -0.05) is 32.9 Å². The minimum Gasteiger partial charge on any atom is -0.359 e. The molecule has 2 atom stereocenters. The normalized spacial score (nSPS) is 38.4. The zero-order valence-corrected chi connectivity index (χ0v) is 10.3. The lowest BCUT2D eigenvalue weighted by molar-refractivity contribution is -0.0752. The summed E-state index contributed by atoms with van der Waals surface area (Å²) >= 11 is 0. The molecule has 0 fully saturated rings. The lowest BCUT2D eigenvalue weighted by Gasteiger charge is -2.47. The summed E-state index contributed by atoms with van der Waals surface area (Å²) in [6.07, 6.45) is 10.7. The molecule has 84 valence electrons. The van der Waals surface area contributed by atoms with Crippen LogP contribution in [-0.4, -0.2) is 11.7 Å². The number of hydrogen-bond donors (Lipinski definition) is 0. The van der Waals surface area contributed by atoms with E-state index in [4.69, 9.17) is 4.74 Å². The molecule has 0 N–H and O–H groups in total. The largest absolute Gasteiger partial charge is 0.359 e. The highest BCUT2D eigenvalue weighted by Gasteiger charge is 2.50. The fraction of sp³-hybridized carbons (Fsp3) is 0.714. The first-order chi connectivity index (χ1) is 7.02. The highest BCUT2D eigenvalue weighted by atomic mass is 16.5. The molecule has 0 amide bonds. The lowest BCUT2D eigenvalue weighted by Crippen LogP contribution is -2.47. The van der Waals surface area contributed by atoms with Crippen LogP contribution in [0.25, 0.3) is 0 Å². The van der Waals surface area contributed by atoms with Gasteiger partial charge in [-0.25, -0.2) is 0 Å². The molecular weight excluding hydrogens is 184 g/mol. The lowest BCUT2D eigenvalue weighted by atomic mass is 9.64. The Labute approximate surface area is 93.2 Å². The Morgan fingerprint density at radius 1 is 1.47 bits per heavy atom. The second kappa shape index (κ2) is 3.48. The Hall–Kier alpha value is -0.560. The van der Waals surface area contributed by atoms with Gasteiger partial charge in [0.2, 0.25) is 0 Å². The van der Waals surface area contributed by atoms with E-state index in [0.29, 0.717) is 0 Å². The van der Waals surface area contributed by atoms with E-state index in [9.17, 15) is 0 Å². The van der Waals surface area contributed by atoms with Crippen molar-refractivity contribution in [3.8, 4) is 0 Å². The predicted molar refractivity (Wildman–Crippen MR) is 63.8 cm³/mol. The summed E-state index contributed by atoms with van der Waals surface area (Å²) < 4.78 is 6.23. The van der Waals surface area contributed by atoms with E-state index in [1.807, 2.05) is 0 Å². The van der Waals surface area contributed by atoms with Crippen LogP contribution in [0.4, 0.5) is 0 Å². The number of rotatable bonds is 1. The van der Waals surface area contributed by atoms with Crippen LogP contribution in [0.2, 0.25) is 0 Å². The zero-order valence-electron chi connectivity index (χ0n) is 10.3. The average Bonchev–Trinajstić information content (AvgIpc) is 2.55. The molecule has 1 heterocycles. The van der Waals surface area contributed by atoms with Crippen molar-refractivity contribution in [3.63, 3.8) is 0 Å². The molecule has 1 aliphatic heterocycles. The monoisotopic (exact) mass is 206 g/mol. The average molecular weight is 206 g/mol. The fourth-order valence-corrected chi connectivity index (χ4v) is 3.00. The molecule has 15 heavy (non-hydrogen) atoms. The Morgan fingerprint density at radius 3 is 2.73 bits per heavy atom. The third kappa shape index (κ3) is 1.48. The van der Waals surface area contributed by atoms with Crippen LogP contribution >= 0.6 is 0 Å². The molecule has 1 heteroatoms. The summed E-state index contributed by atoms with van der Waals surface area (Å²) in [5, 5.41) is 0. The standard InChI is InChI=1S/C14H22O/c1-5-12-7-6-9-13(3,4)14(12)10-8-11(2)15-14/h7-8,10-11H,5-6,9H2,1-4H3/t11-,14-/m1/s1. The molecule has 0 radical (unpaired) electrons. The molecule has 1 spiro atoms. The van der Waals surface area contributed by atoms with Crippen molar-refractivity contribution in [2.24, 2.45) is 5.41 Å². The first kappa shape index (κ1) is 10.9. The topological polar surface area (TPSA) is 9.23 Å². The highest BCUT2D eigenvalue weighted by molar-refractivity contribution is 5.35. The maximum atomic E-state index is 6.23. The molecule has 1 aliphatic carbocycles. The third-order valence-corrected chi connectivity index (χ3v) is 4.00. The van der Waals surface area contributed by atoms with Gasteiger partial charge in [0.15, 0.2) is 0 Å². The van der Waals surface area contributed by atoms with Crippen molar-refractivity contribution < 1.29 is 4.74 Å². The van der Waals surface area contributed by atoms with Crippen molar-refractivity contribution in [1.82, 2.24) is 0 Å². The van der Waals surface area contributed by atoms with Gasteiger partial charge >= 0.3 is 0 Å². The van der Waals surface area contributed by atoms with Crippen LogP contribution in [0, 0.1) is 5.41 Å². The summed E-state index contributed by atoms with van der Waals surface area (Å²) in [4.78, 5) is 0. The van der Waals surface area contributed by atoms with Gasteiger partial charge in [-0.05, 0) is 37.8 Å². The molecule has 0 unspecified atom stereocenters. The van der Waals surface area contributed by atoms with E-state index in [2.05, 4.69) is 45.9 Å². The van der Waals surface area contributed by atoms with Gasteiger partial charge in [0.25, 0.3) is 0 Å². The molecule has 0 aromatic heterocycles. The van der Waals surface area contributed by atoms with Crippen molar-refractivity contribution in [2.75, 3.05) is 0 Å². The molecule has 0 aromatic carbocycles. The zero-order chi connectivity index (χ0) is 11.1. The summed E-state index contributed by atoms with van der Waals surface area (Å²) in [6.45, 7) is 9.02. The number of ether oxygens (including phenoxy) is 1. The summed E-state index contributed by atoms with van der Waals surface area (Å²) in [7, 11) is 0. The first-order valence-corrected chi connectivity index (χ1v) is 6.08. The van der Waals surface area contributed by atoms with E-state index in [1.165, 1.54) is 18.4 Å². The fourth-order valence-electron chi connectivity index (χ4n) is 3.00. The summed E-state index contributed by atoms with van der Waals surface area (Å²) in [5.41, 5.74) is 1.59. The van der Waals surface area contributed by atoms with Crippen LogP contribution in [0.15, 0.2) is 23.8 Å². The maximum absolute atomic E-state index is 6.23. The Kier molecular flexibility index (Phi) is 2.54. The molecule has 2 aliphatic rings. The van der Waals surface area contributed by atoms with E-state index in [1.54, 1.807) is 0 Å². The predicted octanol–water partition coefficient (Wildman–Crippen LogP) is 3.86. The van der Waals surface area contributed by atoms with Gasteiger partial charge in [0, 0.05) is 5.41 Å². The van der Waals surface area contributed by atoms with Crippen LogP contribution in [0.1, 0.15) is 47.0 Å². The minimum atomic E-state index is -0.112. The molecule has 0 bridgehead atoms. The van der Waals surface area contributed by atoms with E-state index >= 15 is 0 Å². The van der Waals surface area contributed by atoms with Gasteiger partial charge in [0.1, 0.15) is 5.60 Å². The smallest absolute Gasteiger partial charge is 0.113 e. The van der Waals surface area contributed by atoms with Crippen molar-refractivity contribution in [3.05, 3.63) is 23.8 Å². The number of hydrogen-bond acceptors (Lipinski definition) is 1. The van der Waals surface area contributed by atoms with Crippen molar-refractivity contribution >= 4 is 0 Å². The second-order valence-corrected chi connectivity index (χ2v) is 5.42. The van der Waals surface area contributed by atoms with Crippen LogP contribution in [-0.2, 0) is 4.74 Å². The van der Waals surface area contributed by atoms with Crippen molar-refractivity contribution in [2.45, 2.75) is 58.7 Å². The third-order valence-electron chi connectivity index (χ3n) is 4.00. The van der Waals surface area contributed by atoms with E-state index in [-0.39, 0.29) is 17.1 Å². The van der Waals surface area contributed by atoms with E-state index < -0.39 is 0 Å². The molecule has 0 saturated heterocycles. The molecular formula is C14H22O. The Balaban J connectivity index is 2.43. The summed E-state index contributed by atoms with van der Waals surface area (Å²) in [6, 6.07) is 0. The van der Waals surface area contributed by atoms with Gasteiger partial charge in [-0.3, -0.25) is 0 Å². The molecule has 0 saturated carbocycles. The minimum absolute atomic E-state index is 0.112. The second-order valence-electron chi connectivity index (χ2n) is 5.42.